The van der Waals surface area contributed by atoms with Crippen LogP contribution in [0.15, 0.2) is 66.7 Å². The Bertz CT molecular complexity index is 1070. The van der Waals surface area contributed by atoms with Crippen molar-refractivity contribution in [2.45, 2.75) is 27.4 Å². The van der Waals surface area contributed by atoms with Gasteiger partial charge < -0.3 is 14.8 Å². The fourth-order valence-electron chi connectivity index (χ4n) is 3.13. The molecule has 1 N–H and O–H groups in total. The number of hydrogen-bond acceptors (Lipinski definition) is 3. The van der Waals surface area contributed by atoms with Gasteiger partial charge in [-0.25, -0.2) is 0 Å². The highest BCUT2D eigenvalue weighted by atomic mass is 16.5. The van der Waals surface area contributed by atoms with Crippen LogP contribution >= 0.6 is 0 Å². The van der Waals surface area contributed by atoms with Crippen LogP contribution in [0, 0.1) is 20.8 Å². The summed E-state index contributed by atoms with van der Waals surface area (Å²) in [6.07, 6.45) is 3.27. The topological polar surface area (TPSA) is 47.6 Å². The van der Waals surface area contributed by atoms with E-state index in [1.165, 1.54) is 11.6 Å². The van der Waals surface area contributed by atoms with Crippen LogP contribution in [-0.2, 0) is 11.4 Å². The minimum atomic E-state index is -0.180. The Balaban J connectivity index is 1.66. The van der Waals surface area contributed by atoms with Gasteiger partial charge in [0.1, 0.15) is 6.61 Å². The molecule has 0 aliphatic rings. The van der Waals surface area contributed by atoms with Crippen molar-refractivity contribution in [1.82, 2.24) is 0 Å². The molecule has 0 radical (unpaired) electrons. The number of benzene rings is 3. The molecule has 30 heavy (non-hydrogen) atoms. The minimum absolute atomic E-state index is 0.180. The standard InChI is InChI=1S/C26H27NO3/c1-18-9-12-23(20(3)15-18)27-26(28)14-11-21-10-13-24(25(16-21)29-4)30-17-22-8-6-5-7-19(22)2/h5-16H,17H2,1-4H3,(H,27,28). The number of nitrogens with one attached hydrogen (secondary N) is 1. The lowest BCUT2D eigenvalue weighted by Gasteiger charge is -2.12. The molecule has 0 fully saturated rings. The van der Waals surface area contributed by atoms with Gasteiger partial charge in [-0.3, -0.25) is 4.79 Å². The summed E-state index contributed by atoms with van der Waals surface area (Å²) in [6, 6.07) is 19.7. The molecular formula is C26H27NO3. The second-order valence-electron chi connectivity index (χ2n) is 7.27. The Kier molecular flexibility index (Phi) is 6.91. The van der Waals surface area contributed by atoms with Gasteiger partial charge in [-0.2, -0.15) is 0 Å². The first-order valence-corrected chi connectivity index (χ1v) is 9.88. The summed E-state index contributed by atoms with van der Waals surface area (Å²) in [4.78, 5) is 12.3. The summed E-state index contributed by atoms with van der Waals surface area (Å²) in [6.45, 7) is 6.54. The van der Waals surface area contributed by atoms with Crippen LogP contribution in [0.3, 0.4) is 0 Å². The lowest BCUT2D eigenvalue weighted by Crippen LogP contribution is -2.08. The number of anilines is 1. The van der Waals surface area contributed by atoms with Crippen molar-refractivity contribution in [3.63, 3.8) is 0 Å². The molecule has 0 saturated heterocycles. The Hall–Kier alpha value is -3.53. The maximum absolute atomic E-state index is 12.3. The van der Waals surface area contributed by atoms with E-state index in [1.807, 2.05) is 68.4 Å². The summed E-state index contributed by atoms with van der Waals surface area (Å²) in [5, 5.41) is 2.91. The van der Waals surface area contributed by atoms with Gasteiger partial charge in [0.25, 0.3) is 0 Å². The monoisotopic (exact) mass is 401 g/mol. The molecule has 0 unspecified atom stereocenters. The van der Waals surface area contributed by atoms with E-state index in [-0.39, 0.29) is 5.91 Å². The highest BCUT2D eigenvalue weighted by Crippen LogP contribution is 2.29. The van der Waals surface area contributed by atoms with Crippen LogP contribution < -0.4 is 14.8 Å². The van der Waals surface area contributed by atoms with Crippen molar-refractivity contribution in [3.05, 3.63) is 94.6 Å². The van der Waals surface area contributed by atoms with E-state index in [4.69, 9.17) is 9.47 Å². The predicted octanol–water partition coefficient (Wildman–Crippen LogP) is 5.85. The van der Waals surface area contributed by atoms with Crippen molar-refractivity contribution in [2.75, 3.05) is 12.4 Å². The second-order valence-corrected chi connectivity index (χ2v) is 7.27. The molecule has 3 aromatic carbocycles. The van der Waals surface area contributed by atoms with E-state index >= 15 is 0 Å². The lowest BCUT2D eigenvalue weighted by molar-refractivity contribution is -0.111. The van der Waals surface area contributed by atoms with Crippen LogP contribution in [0.5, 0.6) is 11.5 Å². The number of rotatable bonds is 7. The molecule has 0 aliphatic heterocycles. The molecule has 0 saturated carbocycles. The Morgan fingerprint density at radius 1 is 0.933 bits per heavy atom. The number of methoxy groups -OCH3 is 1. The largest absolute Gasteiger partial charge is 0.493 e. The van der Waals surface area contributed by atoms with Gasteiger partial charge in [-0.15, -0.1) is 0 Å². The molecule has 0 bridgehead atoms. The molecule has 0 aromatic heterocycles. The zero-order valence-electron chi connectivity index (χ0n) is 17.9. The van der Waals surface area contributed by atoms with Crippen molar-refractivity contribution >= 4 is 17.7 Å². The number of carbonyl (C=O) groups excluding carboxylic acids is 1. The fourth-order valence-corrected chi connectivity index (χ4v) is 3.13. The minimum Gasteiger partial charge on any atom is -0.493 e. The third-order valence-corrected chi connectivity index (χ3v) is 4.90. The van der Waals surface area contributed by atoms with E-state index in [2.05, 4.69) is 18.3 Å². The van der Waals surface area contributed by atoms with Gasteiger partial charge >= 0.3 is 0 Å². The number of ether oxygens (including phenoxy) is 2. The van der Waals surface area contributed by atoms with Crippen molar-refractivity contribution in [1.29, 1.82) is 0 Å². The molecule has 0 heterocycles. The SMILES string of the molecule is COc1cc(C=CC(=O)Nc2ccc(C)cc2C)ccc1OCc1ccccc1C. The summed E-state index contributed by atoms with van der Waals surface area (Å²) in [5.74, 6) is 1.11. The Morgan fingerprint density at radius 2 is 1.73 bits per heavy atom. The fraction of sp³-hybridized carbons (Fsp3) is 0.192. The van der Waals surface area contributed by atoms with Gasteiger partial charge in [0.2, 0.25) is 5.91 Å². The van der Waals surface area contributed by atoms with Crippen molar-refractivity contribution in [2.24, 2.45) is 0 Å². The summed E-state index contributed by atoms with van der Waals surface area (Å²) >= 11 is 0. The molecule has 0 aliphatic carbocycles. The van der Waals surface area contributed by atoms with Crippen molar-refractivity contribution < 1.29 is 14.3 Å². The quantitative estimate of drug-likeness (QED) is 0.505. The Morgan fingerprint density at radius 3 is 2.47 bits per heavy atom. The van der Waals surface area contributed by atoms with Gasteiger partial charge in [0.15, 0.2) is 11.5 Å². The average Bonchev–Trinajstić information content (AvgIpc) is 2.74. The highest BCUT2D eigenvalue weighted by Gasteiger charge is 2.07. The first kappa shape index (κ1) is 21.2. The van der Waals surface area contributed by atoms with E-state index in [0.717, 1.165) is 27.9 Å². The maximum Gasteiger partial charge on any atom is 0.248 e. The van der Waals surface area contributed by atoms with E-state index in [0.29, 0.717) is 18.1 Å². The predicted molar refractivity (Wildman–Crippen MR) is 122 cm³/mol. The molecule has 4 heteroatoms. The number of carbonyl (C=O) groups is 1. The summed E-state index contributed by atoms with van der Waals surface area (Å²) < 4.78 is 11.4. The van der Waals surface area contributed by atoms with Gasteiger partial charge in [-0.05, 0) is 67.3 Å². The molecule has 0 spiro atoms. The van der Waals surface area contributed by atoms with Crippen LogP contribution in [-0.4, -0.2) is 13.0 Å². The van der Waals surface area contributed by atoms with E-state index in [9.17, 15) is 4.79 Å². The number of aryl methyl sites for hydroxylation is 3. The number of hydrogen-bond donors (Lipinski definition) is 1. The van der Waals surface area contributed by atoms with Crippen LogP contribution in [0.25, 0.3) is 6.08 Å². The lowest BCUT2D eigenvalue weighted by atomic mass is 10.1. The molecular weight excluding hydrogens is 374 g/mol. The summed E-state index contributed by atoms with van der Waals surface area (Å²) in [7, 11) is 1.61. The van der Waals surface area contributed by atoms with E-state index < -0.39 is 0 Å². The van der Waals surface area contributed by atoms with E-state index in [1.54, 1.807) is 13.2 Å². The first-order chi connectivity index (χ1) is 14.5. The van der Waals surface area contributed by atoms with Crippen LogP contribution in [0.4, 0.5) is 5.69 Å². The second kappa shape index (κ2) is 9.79. The van der Waals surface area contributed by atoms with Gasteiger partial charge in [0.05, 0.1) is 7.11 Å². The first-order valence-electron chi connectivity index (χ1n) is 9.88. The highest BCUT2D eigenvalue weighted by molar-refractivity contribution is 6.02. The zero-order chi connectivity index (χ0) is 21.5. The molecule has 154 valence electrons. The average molecular weight is 402 g/mol. The Labute approximate surface area is 178 Å². The molecule has 3 rings (SSSR count). The number of amides is 1. The van der Waals surface area contributed by atoms with Crippen LogP contribution in [0.2, 0.25) is 0 Å². The normalized spacial score (nSPS) is 10.8. The van der Waals surface area contributed by atoms with Gasteiger partial charge in [-0.1, -0.05) is 48.0 Å². The van der Waals surface area contributed by atoms with Crippen molar-refractivity contribution in [3.8, 4) is 11.5 Å². The summed E-state index contributed by atoms with van der Waals surface area (Å²) in [5.41, 5.74) is 6.18. The smallest absolute Gasteiger partial charge is 0.248 e. The third kappa shape index (κ3) is 5.51. The molecule has 3 aromatic rings. The maximum atomic E-state index is 12.3. The molecule has 4 nitrogen and oxygen atoms in total. The third-order valence-electron chi connectivity index (χ3n) is 4.90. The molecule has 0 atom stereocenters. The molecule has 1 amide bonds. The zero-order valence-corrected chi connectivity index (χ0v) is 17.9. The van der Waals surface area contributed by atoms with Gasteiger partial charge in [0, 0.05) is 11.8 Å². The van der Waals surface area contributed by atoms with Crippen LogP contribution in [0.1, 0.15) is 27.8 Å².